The van der Waals surface area contributed by atoms with Gasteiger partial charge in [-0.3, -0.25) is 14.9 Å². The third kappa shape index (κ3) is 2.49. The zero-order valence-corrected chi connectivity index (χ0v) is 11.0. The summed E-state index contributed by atoms with van der Waals surface area (Å²) in [5, 5.41) is 10.6. The van der Waals surface area contributed by atoms with Crippen molar-refractivity contribution in [3.63, 3.8) is 0 Å². The minimum absolute atomic E-state index is 0.0636. The van der Waals surface area contributed by atoms with E-state index in [0.29, 0.717) is 12.2 Å². The van der Waals surface area contributed by atoms with E-state index < -0.39 is 4.92 Å². The lowest BCUT2D eigenvalue weighted by Crippen LogP contribution is -2.28. The number of carbonyl (C=O) groups is 1. The van der Waals surface area contributed by atoms with Crippen LogP contribution in [0.4, 0.5) is 15.8 Å². The van der Waals surface area contributed by atoms with Gasteiger partial charge in [0.25, 0.3) is 5.69 Å². The van der Waals surface area contributed by atoms with Crippen molar-refractivity contribution in [3.8, 4) is 0 Å². The van der Waals surface area contributed by atoms with Gasteiger partial charge in [-0.25, -0.2) is 4.39 Å². The molecule has 0 amide bonds. The summed E-state index contributed by atoms with van der Waals surface area (Å²) < 4.78 is 13.3. The van der Waals surface area contributed by atoms with E-state index in [1.807, 2.05) is 0 Å². The molecule has 0 spiro atoms. The van der Waals surface area contributed by atoms with Crippen LogP contribution in [-0.4, -0.2) is 28.8 Å². The number of hydrogen-bond acceptors (Lipinski definition) is 4. The van der Waals surface area contributed by atoms with Crippen molar-refractivity contribution in [1.82, 2.24) is 4.98 Å². The third-order valence-corrected chi connectivity index (χ3v) is 3.55. The van der Waals surface area contributed by atoms with Gasteiger partial charge in [-0.1, -0.05) is 6.07 Å². The molecular formula is C14H12FN3O3. The van der Waals surface area contributed by atoms with E-state index in [-0.39, 0.29) is 29.5 Å². The van der Waals surface area contributed by atoms with Gasteiger partial charge in [0.2, 0.25) is 0 Å². The van der Waals surface area contributed by atoms with Gasteiger partial charge < -0.3 is 9.88 Å². The number of aromatic amines is 1. The van der Waals surface area contributed by atoms with E-state index in [2.05, 4.69) is 4.98 Å². The van der Waals surface area contributed by atoms with Crippen molar-refractivity contribution >= 4 is 17.2 Å². The van der Waals surface area contributed by atoms with Crippen LogP contribution in [-0.2, 0) is 6.42 Å². The molecule has 2 heterocycles. The first-order valence-electron chi connectivity index (χ1n) is 6.44. The number of ketones is 1. The number of anilines is 1. The summed E-state index contributed by atoms with van der Waals surface area (Å²) in [4.78, 5) is 26.6. The number of halogens is 1. The molecule has 1 N–H and O–H groups in total. The van der Waals surface area contributed by atoms with Crippen molar-refractivity contribution in [2.24, 2.45) is 0 Å². The van der Waals surface area contributed by atoms with Gasteiger partial charge in [-0.2, -0.15) is 0 Å². The second kappa shape index (κ2) is 5.01. The first-order valence-corrected chi connectivity index (χ1v) is 6.44. The van der Waals surface area contributed by atoms with Gasteiger partial charge in [0.1, 0.15) is 5.82 Å². The van der Waals surface area contributed by atoms with Crippen molar-refractivity contribution in [2.75, 3.05) is 18.0 Å². The fourth-order valence-corrected chi connectivity index (χ4v) is 2.49. The topological polar surface area (TPSA) is 79.2 Å². The summed E-state index contributed by atoms with van der Waals surface area (Å²) >= 11 is 0. The van der Waals surface area contributed by atoms with E-state index in [9.17, 15) is 19.3 Å². The number of hydrogen-bond donors (Lipinski definition) is 1. The number of aromatic nitrogens is 1. The molecule has 0 radical (unpaired) electrons. The van der Waals surface area contributed by atoms with E-state index in [4.69, 9.17) is 0 Å². The number of Topliss-reactive ketones (excluding diaryl/α,β-unsaturated/α-hetero) is 1. The van der Waals surface area contributed by atoms with Crippen LogP contribution in [0.15, 0.2) is 30.5 Å². The molecule has 1 aliphatic rings. The highest BCUT2D eigenvalue weighted by Gasteiger charge is 2.23. The number of nitrogens with one attached hydrogen (secondary N) is 1. The molecule has 1 aromatic heterocycles. The van der Waals surface area contributed by atoms with Crippen molar-refractivity contribution < 1.29 is 14.1 Å². The molecule has 7 heteroatoms. The smallest absolute Gasteiger partial charge is 0.287 e. The van der Waals surface area contributed by atoms with Gasteiger partial charge in [0.05, 0.1) is 23.4 Å². The Morgan fingerprint density at radius 2 is 2.24 bits per heavy atom. The summed E-state index contributed by atoms with van der Waals surface area (Å²) in [6, 6.07) is 5.74. The molecule has 1 aromatic carbocycles. The van der Waals surface area contributed by atoms with E-state index in [0.717, 1.165) is 12.0 Å². The van der Waals surface area contributed by atoms with E-state index in [1.165, 1.54) is 24.4 Å². The molecule has 0 aliphatic carbocycles. The summed E-state index contributed by atoms with van der Waals surface area (Å²) in [5.74, 6) is -0.608. The number of nitro groups is 1. The molecule has 108 valence electrons. The normalized spacial score (nSPS) is 13.3. The zero-order valence-electron chi connectivity index (χ0n) is 11.0. The number of H-pyrrole nitrogens is 1. The molecule has 0 atom stereocenters. The number of fused-ring (bicyclic) bond motifs is 1. The summed E-state index contributed by atoms with van der Waals surface area (Å²) in [6.45, 7) is 0.696. The quantitative estimate of drug-likeness (QED) is 0.532. The highest BCUT2D eigenvalue weighted by Crippen LogP contribution is 2.28. The number of nitrogens with zero attached hydrogens (tertiary/aromatic N) is 2. The molecule has 0 saturated carbocycles. The Balaban J connectivity index is 1.77. The Kier molecular flexibility index (Phi) is 3.17. The SMILES string of the molecule is O=C(CN1CCc2ccc(F)cc21)c1cc([N+](=O)[O-])c[nH]1. The second-order valence-corrected chi connectivity index (χ2v) is 4.90. The Bertz CT molecular complexity index is 726. The molecular weight excluding hydrogens is 277 g/mol. The molecule has 0 fully saturated rings. The van der Waals surface area contributed by atoms with Gasteiger partial charge in [-0.05, 0) is 24.1 Å². The first-order chi connectivity index (χ1) is 10.0. The minimum Gasteiger partial charge on any atom is -0.363 e. The largest absolute Gasteiger partial charge is 0.363 e. The van der Waals surface area contributed by atoms with Crippen LogP contribution in [0, 0.1) is 15.9 Å². The average Bonchev–Trinajstić information content (AvgIpc) is 3.06. The predicted octanol–water partition coefficient (Wildman–Crippen LogP) is 2.31. The van der Waals surface area contributed by atoms with Gasteiger partial charge in [0.15, 0.2) is 5.78 Å². The highest BCUT2D eigenvalue weighted by molar-refractivity contribution is 5.98. The van der Waals surface area contributed by atoms with Crippen LogP contribution >= 0.6 is 0 Å². The summed E-state index contributed by atoms with van der Waals surface area (Å²) in [7, 11) is 0. The zero-order chi connectivity index (χ0) is 15.0. The maximum Gasteiger partial charge on any atom is 0.287 e. The van der Waals surface area contributed by atoms with Crippen LogP contribution in [0.5, 0.6) is 0 Å². The summed E-state index contributed by atoms with van der Waals surface area (Å²) in [5.41, 5.74) is 1.75. The maximum absolute atomic E-state index is 13.3. The van der Waals surface area contributed by atoms with Crippen LogP contribution in [0.25, 0.3) is 0 Å². The highest BCUT2D eigenvalue weighted by atomic mass is 19.1. The van der Waals surface area contributed by atoms with Crippen LogP contribution in [0.2, 0.25) is 0 Å². The summed E-state index contributed by atoms with van der Waals surface area (Å²) in [6.07, 6.45) is 1.94. The lowest BCUT2D eigenvalue weighted by molar-refractivity contribution is -0.384. The predicted molar refractivity (Wildman–Crippen MR) is 74.1 cm³/mol. The van der Waals surface area contributed by atoms with Crippen molar-refractivity contribution in [2.45, 2.75) is 6.42 Å². The molecule has 2 aromatic rings. The first kappa shape index (κ1) is 13.3. The monoisotopic (exact) mass is 289 g/mol. The van der Waals surface area contributed by atoms with E-state index in [1.54, 1.807) is 11.0 Å². The number of rotatable bonds is 4. The van der Waals surface area contributed by atoms with Crippen molar-refractivity contribution in [1.29, 1.82) is 0 Å². The molecule has 1 aliphatic heterocycles. The Morgan fingerprint density at radius 1 is 1.43 bits per heavy atom. The van der Waals surface area contributed by atoms with Crippen LogP contribution in [0.3, 0.4) is 0 Å². The van der Waals surface area contributed by atoms with Crippen LogP contribution in [0.1, 0.15) is 16.1 Å². The lowest BCUT2D eigenvalue weighted by Gasteiger charge is -2.17. The molecule has 0 unspecified atom stereocenters. The Hall–Kier alpha value is -2.70. The molecule has 6 nitrogen and oxygen atoms in total. The maximum atomic E-state index is 13.3. The fourth-order valence-electron chi connectivity index (χ4n) is 2.49. The third-order valence-electron chi connectivity index (χ3n) is 3.55. The Labute approximate surface area is 119 Å². The van der Waals surface area contributed by atoms with E-state index >= 15 is 0 Å². The molecule has 3 rings (SSSR count). The standard InChI is InChI=1S/C14H12FN3O3/c15-10-2-1-9-3-4-17(13(9)5-10)8-14(19)12-6-11(7-16-12)18(20)21/h1-2,5-7,16H,3-4,8H2. The van der Waals surface area contributed by atoms with Gasteiger partial charge >= 0.3 is 0 Å². The van der Waals surface area contributed by atoms with Crippen molar-refractivity contribution in [3.05, 3.63) is 57.7 Å². The molecule has 0 saturated heterocycles. The molecule has 0 bridgehead atoms. The number of benzene rings is 1. The average molecular weight is 289 g/mol. The van der Waals surface area contributed by atoms with Gasteiger partial charge in [-0.15, -0.1) is 0 Å². The Morgan fingerprint density at radius 3 is 2.95 bits per heavy atom. The van der Waals surface area contributed by atoms with Gasteiger partial charge in [0, 0.05) is 18.3 Å². The fraction of sp³-hybridized carbons (Fsp3) is 0.214. The lowest BCUT2D eigenvalue weighted by atomic mass is 10.1. The van der Waals surface area contributed by atoms with Crippen LogP contribution < -0.4 is 4.90 Å². The second-order valence-electron chi connectivity index (χ2n) is 4.90. The molecule has 21 heavy (non-hydrogen) atoms. The number of carbonyl (C=O) groups excluding carboxylic acids is 1. The minimum atomic E-state index is -0.562.